The highest BCUT2D eigenvalue weighted by molar-refractivity contribution is 7.12. The van der Waals surface area contributed by atoms with Crippen molar-refractivity contribution < 1.29 is 9.21 Å². The number of rotatable bonds is 6. The first-order valence-corrected chi connectivity index (χ1v) is 11.4. The second kappa shape index (κ2) is 9.13. The van der Waals surface area contributed by atoms with Gasteiger partial charge in [-0.05, 0) is 41.3 Å². The topological polar surface area (TPSA) is 65.2 Å². The number of piperazine rings is 1. The van der Waals surface area contributed by atoms with Gasteiger partial charge in [0.2, 0.25) is 0 Å². The molecule has 1 amide bonds. The Hall–Kier alpha value is -2.81. The maximum atomic E-state index is 13.2. The molecule has 0 saturated carbocycles. The van der Waals surface area contributed by atoms with Crippen LogP contribution in [0.5, 0.6) is 0 Å². The SMILES string of the molecule is O=C(CN1CCN(Cc2ccncc2)CC1)N1N=C(c2cccs2)CC1c1ccco1. The Balaban J connectivity index is 1.21. The van der Waals surface area contributed by atoms with Crippen molar-refractivity contribution in [1.82, 2.24) is 19.8 Å². The summed E-state index contributed by atoms with van der Waals surface area (Å²) in [6.07, 6.45) is 6.00. The molecule has 2 aliphatic rings. The van der Waals surface area contributed by atoms with Gasteiger partial charge in [-0.1, -0.05) is 6.07 Å². The molecular weight excluding hydrogens is 410 g/mol. The van der Waals surface area contributed by atoms with Crippen LogP contribution < -0.4 is 0 Å². The molecule has 0 radical (unpaired) electrons. The standard InChI is InChI=1S/C23H25N5O2S/c29-23(17-27-11-9-26(10-12-27)16-18-5-7-24-8-6-18)28-20(21-3-1-13-30-21)15-19(25-28)22-4-2-14-31-22/h1-8,13-14,20H,9-12,15-17H2. The van der Waals surface area contributed by atoms with Gasteiger partial charge in [0.05, 0.1) is 23.4 Å². The summed E-state index contributed by atoms with van der Waals surface area (Å²) >= 11 is 1.65. The number of thiophene rings is 1. The van der Waals surface area contributed by atoms with Crippen molar-refractivity contribution in [3.8, 4) is 0 Å². The van der Waals surface area contributed by atoms with Gasteiger partial charge in [-0.2, -0.15) is 5.10 Å². The number of aromatic nitrogens is 1. The Morgan fingerprint density at radius 3 is 2.58 bits per heavy atom. The third-order valence-corrected chi connectivity index (χ3v) is 6.74. The third-order valence-electron chi connectivity index (χ3n) is 5.82. The molecule has 2 aliphatic heterocycles. The number of carbonyl (C=O) groups is 1. The van der Waals surface area contributed by atoms with E-state index < -0.39 is 0 Å². The van der Waals surface area contributed by atoms with Crippen molar-refractivity contribution in [3.05, 3.63) is 76.6 Å². The molecule has 5 rings (SSSR count). The Morgan fingerprint density at radius 2 is 1.87 bits per heavy atom. The molecule has 0 bridgehead atoms. The van der Waals surface area contributed by atoms with E-state index in [0.29, 0.717) is 13.0 Å². The zero-order valence-corrected chi connectivity index (χ0v) is 18.1. The molecule has 1 atom stereocenters. The lowest BCUT2D eigenvalue weighted by atomic mass is 10.1. The van der Waals surface area contributed by atoms with Gasteiger partial charge < -0.3 is 4.42 Å². The average Bonchev–Trinajstić information content (AvgIpc) is 3.56. The highest BCUT2D eigenvalue weighted by atomic mass is 32.1. The summed E-state index contributed by atoms with van der Waals surface area (Å²) in [6.45, 7) is 4.93. The van der Waals surface area contributed by atoms with Crippen LogP contribution in [0.2, 0.25) is 0 Å². The molecule has 31 heavy (non-hydrogen) atoms. The Morgan fingerprint density at radius 1 is 1.06 bits per heavy atom. The first kappa shape index (κ1) is 20.1. The van der Waals surface area contributed by atoms with E-state index >= 15 is 0 Å². The summed E-state index contributed by atoms with van der Waals surface area (Å²) in [5.74, 6) is 0.807. The van der Waals surface area contributed by atoms with E-state index in [1.165, 1.54) is 5.56 Å². The molecule has 160 valence electrons. The largest absolute Gasteiger partial charge is 0.467 e. The van der Waals surface area contributed by atoms with Gasteiger partial charge in [0.15, 0.2) is 0 Å². The van der Waals surface area contributed by atoms with Gasteiger partial charge in [0.25, 0.3) is 5.91 Å². The van der Waals surface area contributed by atoms with Crippen LogP contribution in [0.1, 0.15) is 28.7 Å². The maximum Gasteiger partial charge on any atom is 0.257 e. The molecule has 7 nitrogen and oxygen atoms in total. The van der Waals surface area contributed by atoms with Crippen LogP contribution in [0.15, 0.2) is 70.0 Å². The van der Waals surface area contributed by atoms with Gasteiger partial charge in [-0.15, -0.1) is 11.3 Å². The second-order valence-corrected chi connectivity index (χ2v) is 8.85. The monoisotopic (exact) mass is 435 g/mol. The number of amides is 1. The molecule has 3 aromatic heterocycles. The van der Waals surface area contributed by atoms with Gasteiger partial charge in [-0.25, -0.2) is 5.01 Å². The summed E-state index contributed by atoms with van der Waals surface area (Å²) in [4.78, 5) is 23.1. The molecule has 0 N–H and O–H groups in total. The Kier molecular flexibility index (Phi) is 5.93. The van der Waals surface area contributed by atoms with Crippen LogP contribution in [-0.2, 0) is 11.3 Å². The zero-order valence-electron chi connectivity index (χ0n) is 17.3. The predicted molar refractivity (Wildman–Crippen MR) is 120 cm³/mol. The number of hydrogen-bond donors (Lipinski definition) is 0. The molecule has 1 saturated heterocycles. The molecule has 5 heterocycles. The van der Waals surface area contributed by atoms with E-state index in [2.05, 4.69) is 33.0 Å². The van der Waals surface area contributed by atoms with Crippen LogP contribution >= 0.6 is 11.3 Å². The Labute approximate surface area is 185 Å². The molecular formula is C23H25N5O2S. The van der Waals surface area contributed by atoms with Crippen molar-refractivity contribution >= 4 is 23.0 Å². The number of hydrogen-bond acceptors (Lipinski definition) is 7. The number of pyridine rings is 1. The average molecular weight is 436 g/mol. The molecule has 0 spiro atoms. The minimum absolute atomic E-state index is 0.0236. The highest BCUT2D eigenvalue weighted by Gasteiger charge is 2.36. The molecule has 8 heteroatoms. The minimum atomic E-state index is -0.174. The molecule has 0 aliphatic carbocycles. The van der Waals surface area contributed by atoms with E-state index in [1.807, 2.05) is 36.0 Å². The van der Waals surface area contributed by atoms with Gasteiger partial charge in [0.1, 0.15) is 11.8 Å². The molecule has 0 aromatic carbocycles. The summed E-state index contributed by atoms with van der Waals surface area (Å²) in [6, 6.07) is 11.8. The van der Waals surface area contributed by atoms with Crippen LogP contribution in [0.25, 0.3) is 0 Å². The number of carbonyl (C=O) groups excluding carboxylic acids is 1. The van der Waals surface area contributed by atoms with E-state index in [0.717, 1.165) is 49.1 Å². The van der Waals surface area contributed by atoms with E-state index in [4.69, 9.17) is 9.52 Å². The molecule has 3 aromatic rings. The summed E-state index contributed by atoms with van der Waals surface area (Å²) in [5.41, 5.74) is 2.22. The number of nitrogens with zero attached hydrogens (tertiary/aromatic N) is 5. The lowest BCUT2D eigenvalue weighted by Crippen LogP contribution is -2.49. The lowest BCUT2D eigenvalue weighted by Gasteiger charge is -2.35. The van der Waals surface area contributed by atoms with E-state index in [1.54, 1.807) is 22.6 Å². The van der Waals surface area contributed by atoms with Crippen molar-refractivity contribution in [1.29, 1.82) is 0 Å². The van der Waals surface area contributed by atoms with E-state index in [9.17, 15) is 4.79 Å². The molecule has 1 unspecified atom stereocenters. The predicted octanol–water partition coefficient (Wildman–Crippen LogP) is 3.23. The maximum absolute atomic E-state index is 13.2. The zero-order chi connectivity index (χ0) is 21.0. The summed E-state index contributed by atoms with van der Waals surface area (Å²) in [7, 11) is 0. The minimum Gasteiger partial charge on any atom is -0.467 e. The van der Waals surface area contributed by atoms with E-state index in [-0.39, 0.29) is 11.9 Å². The van der Waals surface area contributed by atoms with Crippen molar-refractivity contribution in [3.63, 3.8) is 0 Å². The number of furan rings is 1. The fourth-order valence-corrected chi connectivity index (χ4v) is 4.87. The summed E-state index contributed by atoms with van der Waals surface area (Å²) in [5, 5.41) is 8.39. The quantitative estimate of drug-likeness (QED) is 0.595. The highest BCUT2D eigenvalue weighted by Crippen LogP contribution is 2.34. The fourth-order valence-electron chi connectivity index (χ4n) is 4.15. The fraction of sp³-hybridized carbons (Fsp3) is 0.348. The first-order chi connectivity index (χ1) is 15.3. The van der Waals surface area contributed by atoms with Crippen LogP contribution in [0.3, 0.4) is 0 Å². The van der Waals surface area contributed by atoms with Crippen LogP contribution in [0.4, 0.5) is 0 Å². The van der Waals surface area contributed by atoms with Gasteiger partial charge in [-0.3, -0.25) is 19.6 Å². The lowest BCUT2D eigenvalue weighted by molar-refractivity contribution is -0.135. The smallest absolute Gasteiger partial charge is 0.257 e. The van der Waals surface area contributed by atoms with Crippen LogP contribution in [-0.4, -0.2) is 64.1 Å². The van der Waals surface area contributed by atoms with Gasteiger partial charge in [0, 0.05) is 51.5 Å². The third kappa shape index (κ3) is 4.61. The van der Waals surface area contributed by atoms with Crippen molar-refractivity contribution in [2.45, 2.75) is 19.0 Å². The second-order valence-electron chi connectivity index (χ2n) is 7.91. The van der Waals surface area contributed by atoms with Crippen molar-refractivity contribution in [2.24, 2.45) is 5.10 Å². The number of hydrazone groups is 1. The normalized spacial score (nSPS) is 20.2. The Bertz CT molecular complexity index is 1010. The molecule has 1 fully saturated rings. The van der Waals surface area contributed by atoms with Crippen molar-refractivity contribution in [2.75, 3.05) is 32.7 Å². The van der Waals surface area contributed by atoms with Crippen LogP contribution in [0, 0.1) is 0 Å². The van der Waals surface area contributed by atoms with Gasteiger partial charge >= 0.3 is 0 Å². The summed E-state index contributed by atoms with van der Waals surface area (Å²) < 4.78 is 5.64. The first-order valence-electron chi connectivity index (χ1n) is 10.6.